The second-order valence-corrected chi connectivity index (χ2v) is 7.43. The lowest BCUT2D eigenvalue weighted by Gasteiger charge is -2.20. The van der Waals surface area contributed by atoms with Gasteiger partial charge in [0.05, 0.1) is 11.0 Å². The van der Waals surface area contributed by atoms with Gasteiger partial charge in [-0.1, -0.05) is 13.0 Å². The fraction of sp³-hybridized carbons (Fsp3) is 0.333. The number of H-pyrrole nitrogens is 1. The Morgan fingerprint density at radius 3 is 2.87 bits per heavy atom. The maximum absolute atomic E-state index is 12.4. The van der Waals surface area contributed by atoms with E-state index in [4.69, 9.17) is 5.48 Å². The summed E-state index contributed by atoms with van der Waals surface area (Å²) < 4.78 is 32.5. The lowest BCUT2D eigenvalue weighted by Crippen LogP contribution is -2.23. The number of aromatic nitrogens is 3. The highest BCUT2D eigenvalue weighted by molar-refractivity contribution is 5.93. The van der Waals surface area contributed by atoms with E-state index in [1.54, 1.807) is 25.3 Å². The van der Waals surface area contributed by atoms with Crippen LogP contribution in [0, 0.1) is 6.92 Å². The number of pyridine rings is 3. The molecule has 160 valence electrons. The minimum absolute atomic E-state index is 0.0650. The van der Waals surface area contributed by atoms with Crippen molar-refractivity contribution in [1.82, 2.24) is 25.6 Å². The minimum atomic E-state index is -2.05. The standard InChI is InChI=1S/C24H27N5O2/c1-4-16-11-19-20(29-23(16)30)10-15(13-27-19)9-18-12-21(24(31)25-3)28-14(2)22(18)17-5-7-26-8-6-17/h5,10-13,26H,4,6-9H2,1-3H3,(H,25,31)(H,29,30)/i7D2,8D2. The number of aryl methyl sites for hydroxylation is 2. The third-order valence-electron chi connectivity index (χ3n) is 5.35. The Hall–Kier alpha value is -3.32. The van der Waals surface area contributed by atoms with Crippen LogP contribution in [-0.2, 0) is 12.8 Å². The van der Waals surface area contributed by atoms with E-state index in [0.29, 0.717) is 51.8 Å². The monoisotopic (exact) mass is 421 g/mol. The smallest absolute Gasteiger partial charge is 0.269 e. The molecule has 0 saturated heterocycles. The highest BCUT2D eigenvalue weighted by Crippen LogP contribution is 2.29. The molecule has 0 unspecified atom stereocenters. The molecule has 0 bridgehead atoms. The SMILES string of the molecule is [2H]C1([2H])C=C(c2c(Cc3cnc4cc(CC)c(=O)[nH]c4c3)cc(C(=O)NC)nc2C)CC([2H])([2H])N1. The third-order valence-corrected chi connectivity index (χ3v) is 5.35. The van der Waals surface area contributed by atoms with E-state index in [1.165, 1.54) is 13.1 Å². The van der Waals surface area contributed by atoms with Gasteiger partial charge in [-0.15, -0.1) is 0 Å². The molecule has 4 rings (SSSR count). The highest BCUT2D eigenvalue weighted by Gasteiger charge is 2.18. The first-order valence-electron chi connectivity index (χ1n) is 12.2. The molecule has 0 aromatic carbocycles. The maximum Gasteiger partial charge on any atom is 0.269 e. The van der Waals surface area contributed by atoms with Crippen LogP contribution in [0.25, 0.3) is 16.6 Å². The molecule has 0 saturated carbocycles. The third kappa shape index (κ3) is 4.27. The fourth-order valence-electron chi connectivity index (χ4n) is 3.83. The van der Waals surface area contributed by atoms with Gasteiger partial charge in [-0.05, 0) is 67.6 Å². The van der Waals surface area contributed by atoms with Crippen LogP contribution in [0.5, 0.6) is 0 Å². The maximum atomic E-state index is 12.4. The van der Waals surface area contributed by atoms with Gasteiger partial charge >= 0.3 is 0 Å². The number of amides is 1. The quantitative estimate of drug-likeness (QED) is 0.588. The zero-order valence-corrected chi connectivity index (χ0v) is 17.7. The number of fused-ring (bicyclic) bond motifs is 1. The Labute approximate surface area is 186 Å². The van der Waals surface area contributed by atoms with Crippen molar-refractivity contribution in [3.63, 3.8) is 0 Å². The molecule has 0 aliphatic carbocycles. The van der Waals surface area contributed by atoms with Crippen molar-refractivity contribution < 1.29 is 10.3 Å². The van der Waals surface area contributed by atoms with E-state index in [-0.39, 0.29) is 23.6 Å². The summed E-state index contributed by atoms with van der Waals surface area (Å²) in [4.78, 5) is 36.4. The van der Waals surface area contributed by atoms with Crippen LogP contribution < -0.4 is 16.2 Å². The Bertz CT molecular complexity index is 1420. The summed E-state index contributed by atoms with van der Waals surface area (Å²) in [6.45, 7) is -0.386. The lowest BCUT2D eigenvalue weighted by atomic mass is 9.90. The Kier molecular flexibility index (Phi) is 4.66. The Balaban J connectivity index is 1.85. The number of nitrogens with one attached hydrogen (secondary N) is 3. The van der Waals surface area contributed by atoms with Crippen molar-refractivity contribution in [1.29, 1.82) is 0 Å². The molecule has 7 heteroatoms. The van der Waals surface area contributed by atoms with Crippen LogP contribution in [0.2, 0.25) is 0 Å². The summed E-state index contributed by atoms with van der Waals surface area (Å²) in [5.74, 6) is -0.362. The van der Waals surface area contributed by atoms with E-state index in [2.05, 4.69) is 25.6 Å². The molecule has 7 nitrogen and oxygen atoms in total. The van der Waals surface area contributed by atoms with E-state index < -0.39 is 13.0 Å². The molecule has 1 aliphatic rings. The molecule has 0 spiro atoms. The van der Waals surface area contributed by atoms with Gasteiger partial charge in [-0.3, -0.25) is 14.6 Å². The van der Waals surface area contributed by atoms with Crippen molar-refractivity contribution >= 4 is 22.5 Å². The molecule has 4 heterocycles. The van der Waals surface area contributed by atoms with Gasteiger partial charge in [-0.2, -0.15) is 0 Å². The molecule has 3 aromatic heterocycles. The molecule has 1 amide bonds. The molecule has 3 N–H and O–H groups in total. The number of nitrogens with zero attached hydrogens (tertiary/aromatic N) is 2. The summed E-state index contributed by atoms with van der Waals surface area (Å²) in [6.07, 6.45) is 3.92. The molecule has 3 aromatic rings. The average Bonchev–Trinajstić information content (AvgIpc) is 2.75. The van der Waals surface area contributed by atoms with Gasteiger partial charge in [0, 0.05) is 42.0 Å². The second-order valence-electron chi connectivity index (χ2n) is 7.43. The van der Waals surface area contributed by atoms with Crippen molar-refractivity contribution in [3.05, 3.63) is 74.5 Å². The van der Waals surface area contributed by atoms with Crippen molar-refractivity contribution in [3.8, 4) is 0 Å². The highest BCUT2D eigenvalue weighted by atomic mass is 16.1. The number of aromatic amines is 1. The van der Waals surface area contributed by atoms with Crippen LogP contribution in [0.1, 0.15) is 57.3 Å². The molecule has 0 fully saturated rings. The fourth-order valence-corrected chi connectivity index (χ4v) is 3.83. The van der Waals surface area contributed by atoms with E-state index >= 15 is 0 Å². The number of carbonyl (C=O) groups is 1. The first-order valence-corrected chi connectivity index (χ1v) is 10.2. The first kappa shape index (κ1) is 16.4. The Morgan fingerprint density at radius 1 is 1.29 bits per heavy atom. The Morgan fingerprint density at radius 2 is 2.13 bits per heavy atom. The largest absolute Gasteiger partial charge is 0.354 e. The molecule has 0 atom stereocenters. The van der Waals surface area contributed by atoms with Gasteiger partial charge in [0.1, 0.15) is 5.69 Å². The van der Waals surface area contributed by atoms with Gasteiger partial charge in [0.2, 0.25) is 0 Å². The predicted octanol–water partition coefficient (Wildman–Crippen LogP) is 2.52. The second kappa shape index (κ2) is 8.81. The summed E-state index contributed by atoms with van der Waals surface area (Å²) in [5, 5.41) is 4.92. The number of hydrogen-bond donors (Lipinski definition) is 3. The van der Waals surface area contributed by atoms with Crippen LogP contribution in [0.4, 0.5) is 0 Å². The summed E-state index contributed by atoms with van der Waals surface area (Å²) in [7, 11) is 1.51. The minimum Gasteiger partial charge on any atom is -0.354 e. The van der Waals surface area contributed by atoms with Gasteiger partial charge in [-0.25, -0.2) is 4.98 Å². The summed E-state index contributed by atoms with van der Waals surface area (Å²) in [5.41, 5.74) is 4.99. The molecular formula is C24H27N5O2. The molecule has 1 aliphatic heterocycles. The molecule has 0 radical (unpaired) electrons. The molecule has 31 heavy (non-hydrogen) atoms. The van der Waals surface area contributed by atoms with Crippen LogP contribution in [0.3, 0.4) is 0 Å². The van der Waals surface area contributed by atoms with Gasteiger partial charge in [0.25, 0.3) is 11.5 Å². The zero-order valence-electron chi connectivity index (χ0n) is 21.7. The van der Waals surface area contributed by atoms with Crippen LogP contribution in [0.15, 0.2) is 35.3 Å². The number of hydrogen-bond acceptors (Lipinski definition) is 5. The van der Waals surface area contributed by atoms with Crippen molar-refractivity contribution in [2.45, 2.75) is 33.1 Å². The van der Waals surface area contributed by atoms with Gasteiger partial charge in [0.15, 0.2) is 0 Å². The van der Waals surface area contributed by atoms with Crippen molar-refractivity contribution in [2.24, 2.45) is 0 Å². The van der Waals surface area contributed by atoms with E-state index in [0.717, 1.165) is 5.56 Å². The van der Waals surface area contributed by atoms with E-state index in [9.17, 15) is 9.59 Å². The lowest BCUT2D eigenvalue weighted by molar-refractivity contribution is 0.0958. The van der Waals surface area contributed by atoms with Crippen molar-refractivity contribution in [2.75, 3.05) is 20.0 Å². The van der Waals surface area contributed by atoms with E-state index in [1.807, 2.05) is 13.0 Å². The predicted molar refractivity (Wildman–Crippen MR) is 122 cm³/mol. The topological polar surface area (TPSA) is 99.8 Å². The normalized spacial score (nSPS) is 19.0. The summed E-state index contributed by atoms with van der Waals surface area (Å²) >= 11 is 0. The first-order chi connectivity index (χ1) is 16.4. The molecular weight excluding hydrogens is 390 g/mol. The average molecular weight is 422 g/mol. The zero-order chi connectivity index (χ0) is 25.5. The number of rotatable bonds is 5. The van der Waals surface area contributed by atoms with Crippen LogP contribution >= 0.6 is 0 Å². The van der Waals surface area contributed by atoms with Crippen LogP contribution in [-0.4, -0.2) is 40.9 Å². The van der Waals surface area contributed by atoms with Gasteiger partial charge < -0.3 is 15.6 Å². The summed E-state index contributed by atoms with van der Waals surface area (Å²) in [6, 6.07) is 5.24. The number of carbonyl (C=O) groups excluding carboxylic acids is 1.